The molecule has 0 aliphatic rings. The van der Waals surface area contributed by atoms with E-state index in [1.165, 1.54) is 31.6 Å². The van der Waals surface area contributed by atoms with E-state index < -0.39 is 39.4 Å². The van der Waals surface area contributed by atoms with Crippen LogP contribution in [0.15, 0.2) is 122 Å². The van der Waals surface area contributed by atoms with Crippen LogP contribution in [0.25, 0.3) is 55.3 Å². The predicted octanol–water partition coefficient (Wildman–Crippen LogP) is 13.7. The molecule has 0 aliphatic heterocycles. The Morgan fingerprint density at radius 2 is 0.915 bits per heavy atom. The van der Waals surface area contributed by atoms with Gasteiger partial charge in [-0.3, -0.25) is 19.2 Å². The largest absolute Gasteiger partial charge is 0.507 e. The zero-order valence-corrected chi connectivity index (χ0v) is 83.7. The number of pyridine rings is 5. The number of phenolic OH excluding ortho intramolecular Hbond substituents is 1. The van der Waals surface area contributed by atoms with Crippen molar-refractivity contribution in [2.45, 2.75) is 143 Å². The monoisotopic (exact) mass is 2020 g/mol. The Morgan fingerprint density at radius 1 is 0.500 bits per heavy atom. The molecular weight excluding hydrogens is 1910 g/mol. The number of aromatic hydroxyl groups is 1. The molecular formula is C77H117BBr5N17O14Si4. The van der Waals surface area contributed by atoms with Gasteiger partial charge >= 0.3 is 7.12 Å². The normalized spacial score (nSPS) is 11.6. The molecule has 31 nitrogen and oxygen atoms in total. The lowest BCUT2D eigenvalue weighted by Gasteiger charge is -2.19. The molecule has 11 rings (SSSR count). The quantitative estimate of drug-likeness (QED) is 0.0128. The first-order valence-electron chi connectivity index (χ1n) is 37.8. The highest BCUT2D eigenvalue weighted by Crippen LogP contribution is 2.38. The maximum absolute atomic E-state index is 13.0. The van der Waals surface area contributed by atoms with E-state index in [0.29, 0.717) is 116 Å². The molecule has 11 aromatic rings. The van der Waals surface area contributed by atoms with Crippen molar-refractivity contribution < 1.29 is 48.3 Å². The molecule has 0 saturated heterocycles. The molecule has 0 fully saturated rings. The van der Waals surface area contributed by atoms with Gasteiger partial charge in [-0.25, -0.2) is 24.9 Å². The van der Waals surface area contributed by atoms with E-state index in [4.69, 9.17) is 54.7 Å². The van der Waals surface area contributed by atoms with E-state index in [2.05, 4.69) is 203 Å². The number of H-pyrrole nitrogens is 3. The van der Waals surface area contributed by atoms with E-state index >= 15 is 0 Å². The number of anilines is 2. The highest BCUT2D eigenvalue weighted by molar-refractivity contribution is 9.11. The molecule has 0 atom stereocenters. The third-order valence-corrected chi connectivity index (χ3v) is 27.3. The molecule has 648 valence electrons. The van der Waals surface area contributed by atoms with Gasteiger partial charge in [0.25, 0.3) is 22.2 Å². The van der Waals surface area contributed by atoms with Gasteiger partial charge in [0.2, 0.25) is 0 Å². The number of hydrogen-bond acceptors (Lipinski definition) is 23. The molecule has 0 bridgehead atoms. The number of ether oxygens (including phenoxy) is 7. The van der Waals surface area contributed by atoms with Gasteiger partial charge in [0.05, 0.1) is 81.5 Å². The maximum atomic E-state index is 13.0. The minimum Gasteiger partial charge on any atom is -0.507 e. The third-order valence-electron chi connectivity index (χ3n) is 17.4. The average Bonchev–Trinajstić information content (AvgIpc) is 1.46. The summed E-state index contributed by atoms with van der Waals surface area (Å²) in [7, 11) is 10.2. The number of fused-ring (bicyclic) bond motifs is 4. The topological polar surface area (TPSA) is 389 Å². The van der Waals surface area contributed by atoms with Crippen molar-refractivity contribution in [3.8, 4) is 34.1 Å². The molecule has 9 aromatic heterocycles. The molecule has 118 heavy (non-hydrogen) atoms. The number of hydrogen-bond donors (Lipinski definition) is 8. The van der Waals surface area contributed by atoms with Crippen LogP contribution in [0.5, 0.6) is 23.0 Å². The molecule has 41 heteroatoms. The smallest absolute Gasteiger partial charge is 0.488 e. The van der Waals surface area contributed by atoms with Crippen molar-refractivity contribution in [3.63, 3.8) is 0 Å². The summed E-state index contributed by atoms with van der Waals surface area (Å²) in [5, 5.41) is 27.8. The first kappa shape index (κ1) is 102. The Kier molecular flexibility index (Phi) is 40.4. The van der Waals surface area contributed by atoms with Crippen LogP contribution in [-0.4, -0.2) is 210 Å². The number of methoxy groups -OCH3 is 3. The van der Waals surface area contributed by atoms with Crippen LogP contribution in [0.1, 0.15) is 18.1 Å². The van der Waals surface area contributed by atoms with Gasteiger partial charge in [-0.1, -0.05) is 78.6 Å². The number of imidazole rings is 4. The van der Waals surface area contributed by atoms with E-state index in [9.17, 15) is 24.3 Å². The minimum absolute atomic E-state index is 0.00356. The Bertz CT molecular complexity index is 5270. The summed E-state index contributed by atoms with van der Waals surface area (Å²) in [6.07, 6.45) is 14.8. The SMILES string of the molecule is CCOCC[Si](C)(C)C.COc1cc(-c2cn(C)c(=O)c3c2ncn3COCC[Si](C)(C)C)cc(OC)c1CN(C)C.COc1cc(B(O)O)cc(O)c1CN(C)C.C[Si](C)(C)CCOCn1cnc2c(Br)c[nH]c(=O)c21.Cn1cc(Br)c2ncn(COCC[Si](C)(C)C)c2c1=O.Nc1c(Br)cnc(Br)c1N.O=c1[nH]cc(Br)c2nc[nH]c12. The second-order valence-electron chi connectivity index (χ2n) is 32.8. The van der Waals surface area contributed by atoms with Gasteiger partial charge < -0.3 is 107 Å². The van der Waals surface area contributed by atoms with Crippen molar-refractivity contribution in [2.24, 2.45) is 14.1 Å². The van der Waals surface area contributed by atoms with Crippen molar-refractivity contribution >= 4 is 180 Å². The van der Waals surface area contributed by atoms with Gasteiger partial charge in [-0.05, 0) is 174 Å². The van der Waals surface area contributed by atoms with E-state index in [0.717, 1.165) is 86.2 Å². The summed E-state index contributed by atoms with van der Waals surface area (Å²) in [5.74, 6) is 1.90. The molecule has 0 amide bonds. The number of nitrogens with two attached hydrogens (primary N) is 2. The number of rotatable bonds is 28. The number of aromatic nitrogens is 13. The Morgan fingerprint density at radius 3 is 1.36 bits per heavy atom. The summed E-state index contributed by atoms with van der Waals surface area (Å²) < 4.78 is 51.1. The summed E-state index contributed by atoms with van der Waals surface area (Å²) in [6, 6.07) is 11.4. The van der Waals surface area contributed by atoms with Crippen LogP contribution in [-0.2, 0) is 66.3 Å². The first-order chi connectivity index (χ1) is 55.2. The number of nitrogens with one attached hydrogen (secondary N) is 3. The second-order valence-corrected chi connectivity index (χ2v) is 59.5. The molecule has 0 unspecified atom stereocenters. The standard InChI is InChI=1S/C24H36N4O4Si.C13H20BrN3O2Si.C12H18BrN3O2Si.C10H16BNO4.C7H18OSi.C6H4BrN3O.C5H5Br2N3/c1-26(2)13-19-20(30-4)11-17(12-21(19)31-5)18-14-27(3)24(29)23-22(18)25-15-28(23)16-32-9-10-33(6,7)8;1-16-7-10(14)11-12(13(16)18)17(8-15-11)9-19-5-6-20(2,3)4;1-19(2,3)5-4-18-8-16-7-15-10-9(13)6-14-12(17)11(10)16;1-12(2)6-8-9(13)4-7(11(14)15)5-10(8)16-3;1-5-8-6-7-9(2,3)4;7-3-1-8-6(11)5-4(3)9-2-10-5;6-2-1-10-5(7)4(9)3(2)8/h11-12,14-15H,9-10,13,16H2,1-8H3;7-8H,5-6,9H2,1-4H3;6-7H,4-5,8H2,1-3H3,(H,14,17);4-5,13-15H,6H2,1-3H3;5-7H2,1-4H3;1-2H,(H,8,11)(H,9,10);1H,9H2,(H2,8,10). The molecule has 0 spiro atoms. The fraction of sp³-hybridized carbons (Fsp3) is 0.468. The summed E-state index contributed by atoms with van der Waals surface area (Å²) >= 11 is 16.4. The van der Waals surface area contributed by atoms with Crippen molar-refractivity contribution in [2.75, 3.05) is 94.0 Å². The van der Waals surface area contributed by atoms with Crippen LogP contribution >= 0.6 is 79.6 Å². The fourth-order valence-corrected chi connectivity index (χ4v) is 15.8. The van der Waals surface area contributed by atoms with Crippen LogP contribution in [0.3, 0.4) is 0 Å². The van der Waals surface area contributed by atoms with Crippen LogP contribution in [0.4, 0.5) is 11.4 Å². The van der Waals surface area contributed by atoms with Crippen molar-refractivity contribution in [3.05, 3.63) is 156 Å². The lowest BCUT2D eigenvalue weighted by Crippen LogP contribution is -2.30. The Hall–Kier alpha value is -6.92. The summed E-state index contributed by atoms with van der Waals surface area (Å²) in [4.78, 5) is 80.9. The number of nitrogens with zero attached hydrogens (tertiary/aromatic N) is 12. The zero-order valence-electron chi connectivity index (χ0n) is 71.7. The number of aryl methyl sites for hydroxylation is 2. The van der Waals surface area contributed by atoms with Gasteiger partial charge in [-0.2, -0.15) is 0 Å². The van der Waals surface area contributed by atoms with Crippen LogP contribution in [0, 0.1) is 0 Å². The first-order valence-corrected chi connectivity index (χ1v) is 56.6. The van der Waals surface area contributed by atoms with E-state index in [1.807, 2.05) is 58.3 Å². The van der Waals surface area contributed by atoms with Crippen molar-refractivity contribution in [1.82, 2.24) is 72.5 Å². The summed E-state index contributed by atoms with van der Waals surface area (Å²) in [5.41, 5.74) is 19.9. The summed E-state index contributed by atoms with van der Waals surface area (Å²) in [6.45, 7) is 36.2. The number of nitrogen functional groups attached to an aromatic ring is 2. The third kappa shape index (κ3) is 31.5. The fourth-order valence-electron chi connectivity index (χ4n) is 10.7. The lowest BCUT2D eigenvalue weighted by molar-refractivity contribution is 0.0896. The van der Waals surface area contributed by atoms with Crippen molar-refractivity contribution in [1.29, 1.82) is 0 Å². The van der Waals surface area contributed by atoms with Crippen LogP contribution < -0.4 is 53.4 Å². The number of phenols is 1. The molecule has 2 aromatic carbocycles. The van der Waals surface area contributed by atoms with Gasteiger partial charge in [0, 0.05) is 135 Å². The number of aromatic amines is 3. The van der Waals surface area contributed by atoms with Gasteiger partial charge in [-0.15, -0.1) is 0 Å². The zero-order chi connectivity index (χ0) is 88.5. The molecule has 0 aliphatic carbocycles. The van der Waals surface area contributed by atoms with E-state index in [1.54, 1.807) is 94.9 Å². The highest BCUT2D eigenvalue weighted by Gasteiger charge is 2.24. The number of halogens is 5. The molecule has 0 radical (unpaired) electrons. The lowest BCUT2D eigenvalue weighted by atomic mass is 9.79. The molecule has 0 saturated carbocycles. The highest BCUT2D eigenvalue weighted by atomic mass is 79.9. The van der Waals surface area contributed by atoms with E-state index in [-0.39, 0.29) is 33.4 Å². The second kappa shape index (κ2) is 46.9. The Labute approximate surface area is 735 Å². The van der Waals surface area contributed by atoms with Gasteiger partial charge in [0.15, 0.2) is 0 Å². The minimum atomic E-state index is -1.62. The number of benzene rings is 2. The average molecular weight is 2030 g/mol. The maximum Gasteiger partial charge on any atom is 0.488 e. The van der Waals surface area contributed by atoms with Gasteiger partial charge in [0.1, 0.15) is 91.9 Å². The Balaban J connectivity index is 0.000000257. The van der Waals surface area contributed by atoms with Crippen LogP contribution in [0.2, 0.25) is 103 Å². The molecule has 10 N–H and O–H groups in total. The molecule has 9 heterocycles. The predicted molar refractivity (Wildman–Crippen MR) is 503 cm³/mol.